The molecule has 0 aliphatic carbocycles. The third-order valence-corrected chi connectivity index (χ3v) is 7.06. The van der Waals surface area contributed by atoms with Crippen LogP contribution >= 0.6 is 22.1 Å². The van der Waals surface area contributed by atoms with Crippen molar-refractivity contribution >= 4 is 48.8 Å². The van der Waals surface area contributed by atoms with E-state index < -0.39 is 7.92 Å². The summed E-state index contributed by atoms with van der Waals surface area (Å²) in [5.41, 5.74) is 0. The maximum Gasteiger partial charge on any atom is -0.0134 e. The Balaban J connectivity index is 0.000000190. The van der Waals surface area contributed by atoms with Crippen LogP contribution in [0.25, 0.3) is 10.8 Å². The van der Waals surface area contributed by atoms with E-state index in [2.05, 4.69) is 143 Å². The molecular weight excluding hydrogens is 506 g/mol. The first-order valence-corrected chi connectivity index (χ1v) is 13.6. The van der Waals surface area contributed by atoms with Crippen LogP contribution in [0, 0.1) is 6.07 Å². The van der Waals surface area contributed by atoms with Crippen molar-refractivity contribution in [2.45, 2.75) is 0 Å². The molecule has 0 fully saturated rings. The van der Waals surface area contributed by atoms with Crippen LogP contribution in [0.3, 0.4) is 0 Å². The van der Waals surface area contributed by atoms with E-state index in [4.69, 9.17) is 0 Å². The summed E-state index contributed by atoms with van der Waals surface area (Å²) < 4.78 is 0. The van der Waals surface area contributed by atoms with Crippen molar-refractivity contribution < 1.29 is 13.7 Å². The molecule has 0 aromatic heterocycles. The number of halogens is 1. The molecule has 3 heteroatoms. The van der Waals surface area contributed by atoms with Gasteiger partial charge < -0.3 is 0 Å². The van der Waals surface area contributed by atoms with Crippen molar-refractivity contribution in [3.8, 4) is 0 Å². The topological polar surface area (TPSA) is 0 Å². The fourth-order valence-electron chi connectivity index (χ4n) is 3.24. The minimum Gasteiger partial charge on any atom is -0.147 e. The molecule has 0 saturated carbocycles. The normalized spacial score (nSPS) is 9.94. The summed E-state index contributed by atoms with van der Waals surface area (Å²) in [5, 5.41) is 6.63. The molecule has 0 nitrogen and oxygen atoms in total. The van der Waals surface area contributed by atoms with Gasteiger partial charge in [-0.05, 0) is 23.8 Å². The minimum atomic E-state index is -0.446. The number of hydrogen-bond acceptors (Lipinski definition) is 0. The van der Waals surface area contributed by atoms with Crippen LogP contribution < -0.4 is 15.9 Å². The number of rotatable bonds is 3. The standard InChI is InChI=1S/C18H15P.C10H7.BrH.Ni/c1-4-10-16(11-5-1)19(17-12-6-2-7-13-17)18-14-8-3-9-15-18;1-2-6-10-8-4-3-7-9(10)5-1;;/h1-15H;1-7H;1H;/q;-1;;+1/p-1. The van der Waals surface area contributed by atoms with Gasteiger partial charge in [0.1, 0.15) is 0 Å². The minimum absolute atomic E-state index is 0.446. The molecule has 0 spiro atoms. The van der Waals surface area contributed by atoms with E-state index in [1.54, 1.807) is 0 Å². The summed E-state index contributed by atoms with van der Waals surface area (Å²) >= 11 is 6.25. The van der Waals surface area contributed by atoms with E-state index in [0.717, 1.165) is 0 Å². The molecule has 5 aromatic carbocycles. The van der Waals surface area contributed by atoms with Crippen molar-refractivity contribution in [3.63, 3.8) is 0 Å². The average molecular weight is 528 g/mol. The van der Waals surface area contributed by atoms with Crippen molar-refractivity contribution in [1.82, 2.24) is 0 Å². The van der Waals surface area contributed by atoms with Gasteiger partial charge in [0.25, 0.3) is 0 Å². The Morgan fingerprint density at radius 1 is 0.484 bits per heavy atom. The summed E-state index contributed by atoms with van der Waals surface area (Å²) in [5.74, 6) is 0. The Labute approximate surface area is 201 Å². The molecule has 0 amide bonds. The second-order valence-electron chi connectivity index (χ2n) is 6.60. The molecule has 0 radical (unpaired) electrons. The van der Waals surface area contributed by atoms with Gasteiger partial charge in [-0.2, -0.15) is 0 Å². The Morgan fingerprint density at radius 2 is 0.871 bits per heavy atom. The smallest absolute Gasteiger partial charge is 0.0134 e. The third kappa shape index (κ3) is 6.88. The van der Waals surface area contributed by atoms with Gasteiger partial charge in [-0.15, -0.1) is 47.2 Å². The molecule has 0 unspecified atom stereocenters. The van der Waals surface area contributed by atoms with Crippen molar-refractivity contribution in [2.75, 3.05) is 0 Å². The number of hydrogen-bond donors (Lipinski definition) is 0. The first-order chi connectivity index (χ1) is 15.4. The van der Waals surface area contributed by atoms with E-state index in [0.29, 0.717) is 0 Å². The van der Waals surface area contributed by atoms with E-state index >= 15 is 0 Å². The van der Waals surface area contributed by atoms with Gasteiger partial charge in [0.15, 0.2) is 0 Å². The predicted molar refractivity (Wildman–Crippen MR) is 137 cm³/mol. The van der Waals surface area contributed by atoms with Crippen LogP contribution in [0.4, 0.5) is 0 Å². The molecule has 5 rings (SSSR count). The van der Waals surface area contributed by atoms with Gasteiger partial charge in [-0.25, -0.2) is 0 Å². The Kier molecular flexibility index (Phi) is 10.0. The summed E-state index contributed by atoms with van der Waals surface area (Å²) in [6, 6.07) is 49.7. The molecule has 0 atom stereocenters. The molecule has 0 N–H and O–H groups in total. The molecule has 0 bridgehead atoms. The van der Waals surface area contributed by atoms with Crippen molar-refractivity contribution in [3.05, 3.63) is 140 Å². The largest absolute Gasteiger partial charge is 0.147 e. The monoisotopic (exact) mass is 526 g/mol. The summed E-state index contributed by atoms with van der Waals surface area (Å²) in [4.78, 5) is 0. The molecular formula is C28H22BrNiP-. The first kappa shape index (κ1) is 23.4. The quantitative estimate of drug-likeness (QED) is 0.136. The fraction of sp³-hybridized carbons (Fsp3) is 0. The van der Waals surface area contributed by atoms with Gasteiger partial charge in [0.2, 0.25) is 0 Å². The van der Waals surface area contributed by atoms with Crippen LogP contribution in [0.2, 0.25) is 0 Å². The van der Waals surface area contributed by atoms with Crippen LogP contribution in [0.1, 0.15) is 0 Å². The zero-order valence-corrected chi connectivity index (χ0v) is 20.3. The van der Waals surface area contributed by atoms with E-state index in [1.165, 1.54) is 26.7 Å². The zero-order chi connectivity index (χ0) is 21.7. The first-order valence-electron chi connectivity index (χ1n) is 9.84. The second kappa shape index (κ2) is 13.2. The third-order valence-electron chi connectivity index (χ3n) is 4.61. The summed E-state index contributed by atoms with van der Waals surface area (Å²) in [6.07, 6.45) is 0. The number of benzene rings is 5. The molecule has 0 aliphatic rings. The maximum absolute atomic E-state index is 3.69. The molecule has 31 heavy (non-hydrogen) atoms. The van der Waals surface area contributed by atoms with E-state index in [9.17, 15) is 0 Å². The van der Waals surface area contributed by atoms with E-state index in [1.807, 2.05) is 24.3 Å². The van der Waals surface area contributed by atoms with E-state index in [-0.39, 0.29) is 0 Å². The molecule has 5 aromatic rings. The SMILES string of the molecule is [Ni][Br].[c-]1cccc2ccccc12.c1ccc(P(c2ccccc2)c2ccccc2)cc1. The summed E-state index contributed by atoms with van der Waals surface area (Å²) in [6.45, 7) is 0. The van der Waals surface area contributed by atoms with Crippen LogP contribution in [0.15, 0.2) is 133 Å². The van der Waals surface area contributed by atoms with Crippen molar-refractivity contribution in [1.29, 1.82) is 0 Å². The van der Waals surface area contributed by atoms with Gasteiger partial charge in [0.05, 0.1) is 0 Å². The van der Waals surface area contributed by atoms with Crippen LogP contribution in [-0.2, 0) is 13.7 Å². The number of fused-ring (bicyclic) bond motifs is 1. The molecule has 157 valence electrons. The van der Waals surface area contributed by atoms with Crippen LogP contribution in [0.5, 0.6) is 0 Å². The Hall–Kier alpha value is -2.24. The molecule has 0 aliphatic heterocycles. The molecule has 0 saturated heterocycles. The second-order valence-corrected chi connectivity index (χ2v) is 8.82. The maximum atomic E-state index is 3.69. The fourth-order valence-corrected chi connectivity index (χ4v) is 5.55. The summed E-state index contributed by atoms with van der Waals surface area (Å²) in [7, 11) is -0.446. The average Bonchev–Trinajstić information content (AvgIpc) is 2.88. The van der Waals surface area contributed by atoms with Gasteiger partial charge in [-0.3, -0.25) is 0 Å². The van der Waals surface area contributed by atoms with Gasteiger partial charge in [-0.1, -0.05) is 103 Å². The van der Waals surface area contributed by atoms with Gasteiger partial charge in [0, 0.05) is 0 Å². The Morgan fingerprint density at radius 3 is 1.32 bits per heavy atom. The van der Waals surface area contributed by atoms with Crippen molar-refractivity contribution in [2.24, 2.45) is 0 Å². The van der Waals surface area contributed by atoms with Crippen LogP contribution in [-0.4, -0.2) is 0 Å². The van der Waals surface area contributed by atoms with Gasteiger partial charge >= 0.3 is 27.9 Å². The Bertz CT molecular complexity index is 989. The molecule has 0 heterocycles. The zero-order valence-electron chi connectivity index (χ0n) is 16.8. The predicted octanol–water partition coefficient (Wildman–Crippen LogP) is 6.93.